The topological polar surface area (TPSA) is 63.8 Å². The third-order valence-electron chi connectivity index (χ3n) is 1.96. The first-order chi connectivity index (χ1) is 7.25. The molecule has 0 unspecified atom stereocenters. The summed E-state index contributed by atoms with van der Waals surface area (Å²) in [6, 6.07) is 7.05. The number of tetrazole rings is 1. The molecule has 0 aliphatic heterocycles. The summed E-state index contributed by atoms with van der Waals surface area (Å²) in [6.07, 6.45) is 0.642. The molecular formula is C9H9ClN4O. The summed E-state index contributed by atoms with van der Waals surface area (Å²) in [4.78, 5) is 1.32. The molecule has 0 bridgehead atoms. The maximum absolute atomic E-state index is 9.83. The molecule has 0 aliphatic rings. The quantitative estimate of drug-likeness (QED) is 0.847. The molecule has 15 heavy (non-hydrogen) atoms. The first-order valence-corrected chi connectivity index (χ1v) is 4.78. The van der Waals surface area contributed by atoms with Crippen molar-refractivity contribution in [2.45, 2.75) is 12.6 Å². The largest absolute Gasteiger partial charge is 0.386 e. The second-order valence-corrected chi connectivity index (χ2v) is 3.50. The Morgan fingerprint density at radius 3 is 3.00 bits per heavy atom. The summed E-state index contributed by atoms with van der Waals surface area (Å²) in [5.41, 5.74) is 0.736. The number of nitrogens with zero attached hydrogens (tertiary/aromatic N) is 4. The van der Waals surface area contributed by atoms with Crippen LogP contribution in [-0.4, -0.2) is 25.3 Å². The fraction of sp³-hybridized carbons (Fsp3) is 0.222. The van der Waals surface area contributed by atoms with Crippen LogP contribution in [0.4, 0.5) is 0 Å². The van der Waals surface area contributed by atoms with E-state index in [1.807, 2.05) is 0 Å². The predicted molar refractivity (Wildman–Crippen MR) is 54.2 cm³/mol. The second-order valence-electron chi connectivity index (χ2n) is 3.06. The van der Waals surface area contributed by atoms with Crippen LogP contribution in [-0.2, 0) is 6.54 Å². The first-order valence-electron chi connectivity index (χ1n) is 4.40. The number of aromatic nitrogens is 4. The molecule has 0 spiro atoms. The highest BCUT2D eigenvalue weighted by Crippen LogP contribution is 2.18. The summed E-state index contributed by atoms with van der Waals surface area (Å²) in [6.45, 7) is 0.264. The molecular weight excluding hydrogens is 216 g/mol. The van der Waals surface area contributed by atoms with E-state index in [0.29, 0.717) is 5.02 Å². The fourth-order valence-corrected chi connectivity index (χ4v) is 1.44. The highest BCUT2D eigenvalue weighted by molar-refractivity contribution is 6.30. The van der Waals surface area contributed by atoms with Crippen molar-refractivity contribution in [1.82, 2.24) is 20.2 Å². The summed E-state index contributed by atoms with van der Waals surface area (Å²) < 4.78 is 0. The number of aliphatic hydroxyl groups is 1. The molecule has 0 fully saturated rings. The minimum Gasteiger partial charge on any atom is -0.386 e. The van der Waals surface area contributed by atoms with Crippen LogP contribution in [0.3, 0.4) is 0 Å². The Kier molecular flexibility index (Phi) is 2.94. The fourth-order valence-electron chi connectivity index (χ4n) is 1.25. The molecule has 2 rings (SSSR count). The normalized spacial score (nSPS) is 12.7. The minimum absolute atomic E-state index is 0.264. The molecule has 6 heteroatoms. The van der Waals surface area contributed by atoms with Gasteiger partial charge in [0.15, 0.2) is 6.33 Å². The van der Waals surface area contributed by atoms with Crippen molar-refractivity contribution in [2.24, 2.45) is 0 Å². The Bertz CT molecular complexity index is 431. The van der Waals surface area contributed by atoms with Gasteiger partial charge in [0, 0.05) is 5.02 Å². The number of hydrogen-bond acceptors (Lipinski definition) is 4. The third kappa shape index (κ3) is 2.51. The van der Waals surface area contributed by atoms with Gasteiger partial charge in [-0.3, -0.25) is 0 Å². The Morgan fingerprint density at radius 1 is 1.47 bits per heavy atom. The molecule has 1 atom stereocenters. The van der Waals surface area contributed by atoms with E-state index in [1.165, 1.54) is 11.1 Å². The van der Waals surface area contributed by atoms with Gasteiger partial charge < -0.3 is 5.11 Å². The Hall–Kier alpha value is -1.46. The summed E-state index contributed by atoms with van der Waals surface area (Å²) in [5, 5.41) is 21.4. The highest BCUT2D eigenvalue weighted by Gasteiger charge is 2.09. The molecule has 0 saturated carbocycles. The van der Waals surface area contributed by atoms with Gasteiger partial charge in [0.2, 0.25) is 0 Å². The maximum atomic E-state index is 9.83. The lowest BCUT2D eigenvalue weighted by Crippen LogP contribution is -2.11. The van der Waals surface area contributed by atoms with E-state index >= 15 is 0 Å². The van der Waals surface area contributed by atoms with Crippen LogP contribution >= 0.6 is 11.6 Å². The van der Waals surface area contributed by atoms with E-state index in [-0.39, 0.29) is 6.54 Å². The first kappa shape index (κ1) is 10.1. The van der Waals surface area contributed by atoms with Crippen molar-refractivity contribution in [3.63, 3.8) is 0 Å². The average Bonchev–Trinajstić information content (AvgIpc) is 2.70. The van der Waals surface area contributed by atoms with E-state index in [0.717, 1.165) is 5.56 Å². The molecule has 1 heterocycles. The molecule has 2 aromatic rings. The molecule has 0 amide bonds. The van der Waals surface area contributed by atoms with Crippen molar-refractivity contribution >= 4 is 11.6 Å². The Morgan fingerprint density at radius 2 is 2.33 bits per heavy atom. The average molecular weight is 225 g/mol. The van der Waals surface area contributed by atoms with Gasteiger partial charge in [-0.15, -0.1) is 10.2 Å². The SMILES string of the molecule is O[C@@H](Cn1ncnn1)c1cccc(Cl)c1. The predicted octanol–water partition coefficient (Wildman–Crippen LogP) is 1.06. The minimum atomic E-state index is -0.683. The lowest BCUT2D eigenvalue weighted by molar-refractivity contribution is 0.144. The Balaban J connectivity index is 2.11. The van der Waals surface area contributed by atoms with E-state index < -0.39 is 6.10 Å². The van der Waals surface area contributed by atoms with Gasteiger partial charge in [0.25, 0.3) is 0 Å². The van der Waals surface area contributed by atoms with Crippen molar-refractivity contribution in [3.05, 3.63) is 41.2 Å². The lowest BCUT2D eigenvalue weighted by atomic mass is 10.1. The van der Waals surface area contributed by atoms with Gasteiger partial charge in [-0.25, -0.2) is 0 Å². The Labute approximate surface area is 91.3 Å². The molecule has 1 aromatic carbocycles. The van der Waals surface area contributed by atoms with E-state index in [2.05, 4.69) is 15.4 Å². The number of aliphatic hydroxyl groups excluding tert-OH is 1. The van der Waals surface area contributed by atoms with Crippen molar-refractivity contribution in [3.8, 4) is 0 Å². The zero-order chi connectivity index (χ0) is 10.7. The lowest BCUT2D eigenvalue weighted by Gasteiger charge is -2.09. The second kappa shape index (κ2) is 4.37. The number of benzene rings is 1. The van der Waals surface area contributed by atoms with Crippen LogP contribution in [0.25, 0.3) is 0 Å². The number of hydrogen-bond donors (Lipinski definition) is 1. The van der Waals surface area contributed by atoms with Gasteiger partial charge in [-0.1, -0.05) is 23.7 Å². The van der Waals surface area contributed by atoms with E-state index in [1.54, 1.807) is 24.3 Å². The standard InChI is InChI=1S/C9H9ClN4O/c10-8-3-1-2-7(4-8)9(15)5-14-12-6-11-13-14/h1-4,6,9,15H,5H2/t9-/m0/s1. The van der Waals surface area contributed by atoms with Crippen LogP contribution in [0.15, 0.2) is 30.6 Å². The maximum Gasteiger partial charge on any atom is 0.162 e. The molecule has 0 aliphatic carbocycles. The van der Waals surface area contributed by atoms with Crippen molar-refractivity contribution < 1.29 is 5.11 Å². The summed E-state index contributed by atoms with van der Waals surface area (Å²) in [5.74, 6) is 0. The third-order valence-corrected chi connectivity index (χ3v) is 2.20. The van der Waals surface area contributed by atoms with Crippen LogP contribution < -0.4 is 0 Å². The molecule has 1 aromatic heterocycles. The molecule has 78 valence electrons. The van der Waals surface area contributed by atoms with Crippen LogP contribution in [0, 0.1) is 0 Å². The van der Waals surface area contributed by atoms with Gasteiger partial charge in [0.1, 0.15) is 6.10 Å². The highest BCUT2D eigenvalue weighted by atomic mass is 35.5. The molecule has 0 saturated heterocycles. The molecule has 5 nitrogen and oxygen atoms in total. The van der Waals surface area contributed by atoms with Crippen molar-refractivity contribution in [1.29, 1.82) is 0 Å². The van der Waals surface area contributed by atoms with Crippen LogP contribution in [0.1, 0.15) is 11.7 Å². The summed E-state index contributed by atoms with van der Waals surface area (Å²) in [7, 11) is 0. The monoisotopic (exact) mass is 224 g/mol. The van der Waals surface area contributed by atoms with E-state index in [4.69, 9.17) is 11.6 Å². The summed E-state index contributed by atoms with van der Waals surface area (Å²) >= 11 is 5.81. The van der Waals surface area contributed by atoms with Gasteiger partial charge >= 0.3 is 0 Å². The number of rotatable bonds is 3. The van der Waals surface area contributed by atoms with Gasteiger partial charge in [-0.05, 0) is 22.9 Å². The van der Waals surface area contributed by atoms with Gasteiger partial charge in [0.05, 0.1) is 6.54 Å². The molecule has 0 radical (unpaired) electrons. The van der Waals surface area contributed by atoms with E-state index in [9.17, 15) is 5.11 Å². The number of halogens is 1. The zero-order valence-corrected chi connectivity index (χ0v) is 8.54. The van der Waals surface area contributed by atoms with Crippen molar-refractivity contribution in [2.75, 3.05) is 0 Å². The van der Waals surface area contributed by atoms with Crippen LogP contribution in [0.2, 0.25) is 5.02 Å². The molecule has 1 N–H and O–H groups in total. The zero-order valence-electron chi connectivity index (χ0n) is 7.79. The van der Waals surface area contributed by atoms with Gasteiger partial charge in [-0.2, -0.15) is 4.80 Å². The van der Waals surface area contributed by atoms with Crippen LogP contribution in [0.5, 0.6) is 0 Å². The smallest absolute Gasteiger partial charge is 0.162 e.